The number of rotatable bonds is 3. The minimum Gasteiger partial charge on any atom is -0.481 e. The third-order valence-electron chi connectivity index (χ3n) is 5.00. The highest BCUT2D eigenvalue weighted by molar-refractivity contribution is 5.85. The molecule has 1 heterocycles. The van der Waals surface area contributed by atoms with Gasteiger partial charge in [0.05, 0.1) is 0 Å². The van der Waals surface area contributed by atoms with Gasteiger partial charge in [-0.2, -0.15) is 0 Å². The van der Waals surface area contributed by atoms with Crippen molar-refractivity contribution in [1.29, 1.82) is 0 Å². The second-order valence-corrected chi connectivity index (χ2v) is 8.68. The standard InChI is InChI=1S/C20H32N2O2.ClH/c1-14(18(23)22-12-11-17(21)20(5,6)13-22)24-16-9-7-15(8-10-16)19(2,3)4;/h7-10,14,17H,11-13,21H2,1-6H3;1H. The van der Waals surface area contributed by atoms with Gasteiger partial charge in [-0.3, -0.25) is 4.79 Å². The number of benzene rings is 1. The van der Waals surface area contributed by atoms with E-state index in [9.17, 15) is 4.79 Å². The minimum atomic E-state index is -0.490. The maximum absolute atomic E-state index is 12.7. The van der Waals surface area contributed by atoms with Crippen LogP contribution < -0.4 is 10.5 Å². The van der Waals surface area contributed by atoms with Gasteiger partial charge in [-0.05, 0) is 41.9 Å². The topological polar surface area (TPSA) is 55.6 Å². The first-order valence-corrected chi connectivity index (χ1v) is 8.82. The normalized spacial score (nSPS) is 21.2. The number of ether oxygens (including phenoxy) is 1. The molecule has 1 amide bonds. The van der Waals surface area contributed by atoms with Gasteiger partial charge in [0.1, 0.15) is 5.75 Å². The van der Waals surface area contributed by atoms with Crippen molar-refractivity contribution in [3.8, 4) is 5.75 Å². The Hall–Kier alpha value is -1.26. The van der Waals surface area contributed by atoms with Crippen LogP contribution in [0.5, 0.6) is 5.75 Å². The van der Waals surface area contributed by atoms with Gasteiger partial charge >= 0.3 is 0 Å². The lowest BCUT2D eigenvalue weighted by Crippen LogP contribution is -2.56. The average Bonchev–Trinajstić information content (AvgIpc) is 2.48. The van der Waals surface area contributed by atoms with Crippen LogP contribution in [0.4, 0.5) is 0 Å². The molecule has 0 saturated carbocycles. The maximum Gasteiger partial charge on any atom is 0.263 e. The lowest BCUT2D eigenvalue weighted by Gasteiger charge is -2.43. The Morgan fingerprint density at radius 1 is 1.28 bits per heavy atom. The molecular formula is C20H33ClN2O2. The zero-order valence-electron chi connectivity index (χ0n) is 16.3. The monoisotopic (exact) mass is 368 g/mol. The number of hydrogen-bond donors (Lipinski definition) is 1. The molecule has 1 saturated heterocycles. The van der Waals surface area contributed by atoms with Gasteiger partial charge in [0.2, 0.25) is 0 Å². The van der Waals surface area contributed by atoms with Gasteiger partial charge in [0.15, 0.2) is 6.10 Å². The third-order valence-corrected chi connectivity index (χ3v) is 5.00. The number of carbonyl (C=O) groups is 1. The van der Waals surface area contributed by atoms with Crippen LogP contribution in [0.15, 0.2) is 24.3 Å². The molecule has 2 atom stereocenters. The first-order chi connectivity index (χ1) is 11.0. The molecule has 1 aliphatic heterocycles. The highest BCUT2D eigenvalue weighted by atomic mass is 35.5. The summed E-state index contributed by atoms with van der Waals surface area (Å²) in [5.41, 5.74) is 7.46. The number of hydrogen-bond acceptors (Lipinski definition) is 3. The summed E-state index contributed by atoms with van der Waals surface area (Å²) in [6.45, 7) is 14.0. The molecule has 2 rings (SSSR count). The largest absolute Gasteiger partial charge is 0.481 e. The van der Waals surface area contributed by atoms with Crippen LogP contribution in [0.1, 0.15) is 53.5 Å². The van der Waals surface area contributed by atoms with E-state index in [4.69, 9.17) is 10.5 Å². The molecule has 25 heavy (non-hydrogen) atoms. The maximum atomic E-state index is 12.7. The summed E-state index contributed by atoms with van der Waals surface area (Å²) in [6.07, 6.45) is 0.349. The van der Waals surface area contributed by atoms with E-state index in [0.717, 1.165) is 12.2 Å². The number of amides is 1. The molecule has 0 aliphatic carbocycles. The van der Waals surface area contributed by atoms with Crippen molar-refractivity contribution >= 4 is 18.3 Å². The molecule has 1 aliphatic rings. The van der Waals surface area contributed by atoms with Crippen molar-refractivity contribution in [2.24, 2.45) is 11.1 Å². The average molecular weight is 369 g/mol. The van der Waals surface area contributed by atoms with E-state index in [0.29, 0.717) is 13.1 Å². The van der Waals surface area contributed by atoms with Crippen LogP contribution in [0.2, 0.25) is 0 Å². The number of carbonyl (C=O) groups excluding carboxylic acids is 1. The van der Waals surface area contributed by atoms with Gasteiger partial charge in [-0.1, -0.05) is 46.8 Å². The molecule has 2 unspecified atom stereocenters. The molecule has 2 N–H and O–H groups in total. The van der Waals surface area contributed by atoms with E-state index < -0.39 is 6.10 Å². The Morgan fingerprint density at radius 2 is 1.84 bits per heavy atom. The molecule has 1 aromatic carbocycles. The van der Waals surface area contributed by atoms with Crippen LogP contribution >= 0.6 is 12.4 Å². The molecule has 4 nitrogen and oxygen atoms in total. The van der Waals surface area contributed by atoms with Crippen LogP contribution in [-0.2, 0) is 10.2 Å². The Bertz CT molecular complexity index is 578. The summed E-state index contributed by atoms with van der Waals surface area (Å²) in [4.78, 5) is 14.6. The molecular weight excluding hydrogens is 336 g/mol. The van der Waals surface area contributed by atoms with Crippen molar-refractivity contribution in [2.75, 3.05) is 13.1 Å². The highest BCUT2D eigenvalue weighted by Crippen LogP contribution is 2.29. The number of piperidine rings is 1. The summed E-state index contributed by atoms with van der Waals surface area (Å²) >= 11 is 0. The zero-order valence-corrected chi connectivity index (χ0v) is 17.2. The van der Waals surface area contributed by atoms with E-state index in [-0.39, 0.29) is 35.2 Å². The number of nitrogens with two attached hydrogens (primary N) is 1. The fourth-order valence-electron chi connectivity index (χ4n) is 3.11. The van der Waals surface area contributed by atoms with Crippen LogP contribution in [0, 0.1) is 5.41 Å². The van der Waals surface area contributed by atoms with Gasteiger partial charge in [-0.15, -0.1) is 12.4 Å². The van der Waals surface area contributed by atoms with Crippen LogP contribution in [0.3, 0.4) is 0 Å². The fourth-order valence-corrected chi connectivity index (χ4v) is 3.11. The molecule has 0 aromatic heterocycles. The van der Waals surface area contributed by atoms with Gasteiger partial charge in [0.25, 0.3) is 5.91 Å². The Kier molecular flexibility index (Phi) is 6.94. The van der Waals surface area contributed by atoms with Gasteiger partial charge in [-0.25, -0.2) is 0 Å². The fraction of sp³-hybridized carbons (Fsp3) is 0.650. The van der Waals surface area contributed by atoms with E-state index in [1.165, 1.54) is 5.56 Å². The SMILES string of the molecule is CC(Oc1ccc(C(C)(C)C)cc1)C(=O)N1CCC(N)C(C)(C)C1.Cl. The first-order valence-electron chi connectivity index (χ1n) is 8.82. The summed E-state index contributed by atoms with van der Waals surface area (Å²) < 4.78 is 5.87. The van der Waals surface area contributed by atoms with Crippen molar-refractivity contribution in [1.82, 2.24) is 4.90 Å². The minimum absolute atomic E-state index is 0. The van der Waals surface area contributed by atoms with E-state index in [1.54, 1.807) is 0 Å². The van der Waals surface area contributed by atoms with Gasteiger partial charge in [0, 0.05) is 19.1 Å². The first kappa shape index (κ1) is 21.8. The second kappa shape index (κ2) is 7.96. The summed E-state index contributed by atoms with van der Waals surface area (Å²) in [7, 11) is 0. The molecule has 1 fully saturated rings. The van der Waals surface area contributed by atoms with Crippen LogP contribution in [0.25, 0.3) is 0 Å². The predicted molar refractivity (Wildman–Crippen MR) is 105 cm³/mol. The summed E-state index contributed by atoms with van der Waals surface area (Å²) in [6, 6.07) is 8.16. The molecule has 142 valence electrons. The predicted octanol–water partition coefficient (Wildman–Crippen LogP) is 3.76. The highest BCUT2D eigenvalue weighted by Gasteiger charge is 2.36. The van der Waals surface area contributed by atoms with Crippen molar-refractivity contribution in [3.05, 3.63) is 29.8 Å². The molecule has 0 bridgehead atoms. The number of likely N-dealkylation sites (tertiary alicyclic amines) is 1. The lowest BCUT2D eigenvalue weighted by atomic mass is 9.79. The Labute approximate surface area is 158 Å². The van der Waals surface area contributed by atoms with E-state index in [2.05, 4.69) is 46.8 Å². The van der Waals surface area contributed by atoms with Crippen molar-refractivity contribution in [2.45, 2.75) is 65.5 Å². The Morgan fingerprint density at radius 3 is 2.32 bits per heavy atom. The van der Waals surface area contributed by atoms with Gasteiger partial charge < -0.3 is 15.4 Å². The molecule has 1 aromatic rings. The third kappa shape index (κ3) is 5.35. The van der Waals surface area contributed by atoms with Crippen molar-refractivity contribution < 1.29 is 9.53 Å². The van der Waals surface area contributed by atoms with Crippen molar-refractivity contribution in [3.63, 3.8) is 0 Å². The number of halogens is 1. The molecule has 5 heteroatoms. The van der Waals surface area contributed by atoms with Crippen LogP contribution in [-0.4, -0.2) is 36.0 Å². The smallest absolute Gasteiger partial charge is 0.263 e. The summed E-state index contributed by atoms with van der Waals surface area (Å²) in [5, 5.41) is 0. The quantitative estimate of drug-likeness (QED) is 0.883. The number of nitrogens with zero attached hydrogens (tertiary/aromatic N) is 1. The lowest BCUT2D eigenvalue weighted by molar-refractivity contribution is -0.141. The second-order valence-electron chi connectivity index (χ2n) is 8.68. The van der Waals surface area contributed by atoms with E-state index >= 15 is 0 Å². The zero-order chi connectivity index (χ0) is 18.1. The Balaban J connectivity index is 0.00000312. The molecule has 0 spiro atoms. The van der Waals surface area contributed by atoms with E-state index in [1.807, 2.05) is 24.0 Å². The summed E-state index contributed by atoms with van der Waals surface area (Å²) in [5.74, 6) is 0.770. The molecule has 0 radical (unpaired) electrons.